The van der Waals surface area contributed by atoms with Crippen molar-refractivity contribution in [2.75, 3.05) is 11.1 Å². The van der Waals surface area contributed by atoms with E-state index in [9.17, 15) is 10.1 Å². The van der Waals surface area contributed by atoms with E-state index in [4.69, 9.17) is 21.8 Å². The first-order chi connectivity index (χ1) is 18.5. The number of carbonyl (C=O) groups is 1. The molecule has 0 atom stereocenters. The van der Waals surface area contributed by atoms with Gasteiger partial charge in [-0.1, -0.05) is 102 Å². The molecule has 3 N–H and O–H groups in total. The van der Waals surface area contributed by atoms with Crippen LogP contribution in [0.5, 0.6) is 0 Å². The fraction of sp³-hybridized carbons (Fsp3) is 0.0714. The Bertz CT molecular complexity index is 1630. The molecule has 0 aliphatic carbocycles. The predicted molar refractivity (Wildman–Crippen MR) is 148 cm³/mol. The van der Waals surface area contributed by atoms with Gasteiger partial charge in [-0.25, -0.2) is 0 Å². The highest BCUT2D eigenvalue weighted by atomic mass is 35.5. The fourth-order valence-electron chi connectivity index (χ4n) is 3.92. The van der Waals surface area contributed by atoms with E-state index in [1.54, 1.807) is 0 Å². The Morgan fingerprint density at radius 1 is 1.00 bits per heavy atom. The van der Waals surface area contributed by atoms with Crippen LogP contribution in [0, 0.1) is 11.3 Å². The number of anilines is 2. The van der Waals surface area contributed by atoms with Gasteiger partial charge in [0.2, 0.25) is 17.7 Å². The predicted octanol–water partition coefficient (Wildman–Crippen LogP) is 6.24. The molecule has 2 aromatic heterocycles. The molecule has 2 heterocycles. The van der Waals surface area contributed by atoms with Gasteiger partial charge >= 0.3 is 0 Å². The molecule has 0 saturated carbocycles. The van der Waals surface area contributed by atoms with Crippen molar-refractivity contribution in [3.05, 3.63) is 101 Å². The topological polar surface area (TPSA) is 123 Å². The number of nitrogens with two attached hydrogens (primary N) is 1. The number of halogens is 1. The first kappa shape index (κ1) is 25.1. The van der Waals surface area contributed by atoms with Crippen LogP contribution in [0.4, 0.5) is 11.8 Å². The largest absolute Gasteiger partial charge is 0.438 e. The molecule has 0 bridgehead atoms. The standard InChI is InChI=1S/C28H21ClN6O2S/c29-22-14-8-7-13-20(22)17-38-28-34-33-27(31)35(28)16-23(36)32-26-21(15-30)24(18-9-3-1-4-10-18)25(37-26)19-11-5-2-6-12-19/h1-14H,16-17H2,(H2,31,33)(H,32,36). The first-order valence-corrected chi connectivity index (χ1v) is 12.9. The van der Waals surface area contributed by atoms with Crippen LogP contribution >= 0.6 is 23.4 Å². The molecule has 0 saturated heterocycles. The lowest BCUT2D eigenvalue weighted by atomic mass is 9.98. The molecular weight excluding hydrogens is 520 g/mol. The average molecular weight is 541 g/mol. The van der Waals surface area contributed by atoms with Gasteiger partial charge in [0.1, 0.15) is 23.9 Å². The molecule has 8 nitrogen and oxygen atoms in total. The Kier molecular flexibility index (Phi) is 7.45. The maximum atomic E-state index is 13.1. The maximum Gasteiger partial charge on any atom is 0.246 e. The van der Waals surface area contributed by atoms with Crippen molar-refractivity contribution < 1.29 is 9.21 Å². The molecule has 5 rings (SSSR count). The van der Waals surface area contributed by atoms with Crippen LogP contribution in [0.1, 0.15) is 11.1 Å². The molecule has 5 aromatic rings. The summed E-state index contributed by atoms with van der Waals surface area (Å²) >= 11 is 7.62. The molecular formula is C28H21ClN6O2S. The van der Waals surface area contributed by atoms with Crippen LogP contribution in [0.3, 0.4) is 0 Å². The van der Waals surface area contributed by atoms with Gasteiger partial charge in [-0.05, 0) is 17.2 Å². The van der Waals surface area contributed by atoms with Crippen molar-refractivity contribution in [3.8, 4) is 28.5 Å². The molecule has 0 spiro atoms. The van der Waals surface area contributed by atoms with Crippen LogP contribution < -0.4 is 11.1 Å². The zero-order valence-electron chi connectivity index (χ0n) is 20.0. The van der Waals surface area contributed by atoms with Gasteiger partial charge in [0.25, 0.3) is 0 Å². The van der Waals surface area contributed by atoms with Crippen molar-refractivity contribution >= 4 is 41.1 Å². The minimum absolute atomic E-state index is 0.0622. The lowest BCUT2D eigenvalue weighted by Crippen LogP contribution is -2.20. The van der Waals surface area contributed by atoms with Crippen LogP contribution in [0.15, 0.2) is 94.5 Å². The minimum atomic E-state index is -0.444. The van der Waals surface area contributed by atoms with Crippen molar-refractivity contribution in [3.63, 3.8) is 0 Å². The molecule has 188 valence electrons. The molecule has 10 heteroatoms. The quantitative estimate of drug-likeness (QED) is 0.223. The summed E-state index contributed by atoms with van der Waals surface area (Å²) in [6, 6.07) is 28.6. The Hall–Kier alpha value is -4.52. The Morgan fingerprint density at radius 2 is 1.66 bits per heavy atom. The van der Waals surface area contributed by atoms with Gasteiger partial charge in [-0.3, -0.25) is 14.7 Å². The monoisotopic (exact) mass is 540 g/mol. The molecule has 0 radical (unpaired) electrons. The number of rotatable bonds is 8. The van der Waals surface area contributed by atoms with Gasteiger partial charge in [0, 0.05) is 21.9 Å². The normalized spacial score (nSPS) is 10.7. The van der Waals surface area contributed by atoms with Crippen molar-refractivity contribution in [2.24, 2.45) is 0 Å². The van der Waals surface area contributed by atoms with E-state index in [-0.39, 0.29) is 23.9 Å². The van der Waals surface area contributed by atoms with Gasteiger partial charge < -0.3 is 10.2 Å². The number of furan rings is 1. The van der Waals surface area contributed by atoms with E-state index >= 15 is 0 Å². The van der Waals surface area contributed by atoms with Crippen LogP contribution in [0.2, 0.25) is 5.02 Å². The van der Waals surface area contributed by atoms with Crippen molar-refractivity contribution in [1.29, 1.82) is 5.26 Å². The van der Waals surface area contributed by atoms with E-state index in [1.807, 2.05) is 84.9 Å². The minimum Gasteiger partial charge on any atom is -0.438 e. The molecule has 38 heavy (non-hydrogen) atoms. The highest BCUT2D eigenvalue weighted by Gasteiger charge is 2.25. The summed E-state index contributed by atoms with van der Waals surface area (Å²) in [4.78, 5) is 13.1. The summed E-state index contributed by atoms with van der Waals surface area (Å²) in [6.45, 7) is -0.170. The highest BCUT2D eigenvalue weighted by Crippen LogP contribution is 2.41. The summed E-state index contributed by atoms with van der Waals surface area (Å²) in [5.74, 6) is 0.727. The van der Waals surface area contributed by atoms with E-state index in [0.717, 1.165) is 16.7 Å². The molecule has 0 fully saturated rings. The summed E-state index contributed by atoms with van der Waals surface area (Å²) < 4.78 is 7.60. The average Bonchev–Trinajstić information content (AvgIpc) is 3.48. The summed E-state index contributed by atoms with van der Waals surface area (Å²) in [7, 11) is 0. The molecule has 1 amide bonds. The Labute approximate surface area is 228 Å². The Balaban J connectivity index is 1.42. The second kappa shape index (κ2) is 11.3. The molecule has 0 unspecified atom stereocenters. The lowest BCUT2D eigenvalue weighted by Gasteiger charge is -2.08. The molecule has 3 aromatic carbocycles. The van der Waals surface area contributed by atoms with Gasteiger partial charge in [0.05, 0.1) is 0 Å². The van der Waals surface area contributed by atoms with Crippen molar-refractivity contribution in [2.45, 2.75) is 17.5 Å². The van der Waals surface area contributed by atoms with Gasteiger partial charge in [0.15, 0.2) is 5.16 Å². The summed E-state index contributed by atoms with van der Waals surface area (Å²) in [5.41, 5.74) is 9.35. The second-order valence-corrected chi connectivity index (χ2v) is 9.56. The second-order valence-electron chi connectivity index (χ2n) is 8.21. The highest BCUT2D eigenvalue weighted by molar-refractivity contribution is 7.98. The number of nitriles is 1. The fourth-order valence-corrected chi connectivity index (χ4v) is 5.15. The number of benzene rings is 3. The summed E-state index contributed by atoms with van der Waals surface area (Å²) in [6.07, 6.45) is 0. The number of nitrogens with zero attached hydrogens (tertiary/aromatic N) is 4. The van der Waals surface area contributed by atoms with E-state index in [2.05, 4.69) is 21.6 Å². The van der Waals surface area contributed by atoms with Gasteiger partial charge in [-0.2, -0.15) is 5.26 Å². The third-order valence-corrected chi connectivity index (χ3v) is 7.12. The maximum absolute atomic E-state index is 13.1. The van der Waals surface area contributed by atoms with E-state index in [0.29, 0.717) is 27.3 Å². The SMILES string of the molecule is N#Cc1c(NC(=O)Cn2c(N)nnc2SCc2ccccc2Cl)oc(-c2ccccc2)c1-c1ccccc1. The molecule has 0 aliphatic rings. The van der Waals surface area contributed by atoms with Crippen LogP contribution in [-0.2, 0) is 17.1 Å². The number of aromatic nitrogens is 3. The van der Waals surface area contributed by atoms with Gasteiger partial charge in [-0.15, -0.1) is 10.2 Å². The third kappa shape index (κ3) is 5.27. The smallest absolute Gasteiger partial charge is 0.246 e. The number of hydrogen-bond donors (Lipinski definition) is 2. The molecule has 0 aliphatic heterocycles. The van der Waals surface area contributed by atoms with Crippen LogP contribution in [-0.4, -0.2) is 20.7 Å². The number of nitrogens with one attached hydrogen (secondary N) is 1. The van der Waals surface area contributed by atoms with E-state index in [1.165, 1.54) is 16.3 Å². The van der Waals surface area contributed by atoms with E-state index < -0.39 is 5.91 Å². The third-order valence-electron chi connectivity index (χ3n) is 5.73. The summed E-state index contributed by atoms with van der Waals surface area (Å²) in [5, 5.41) is 21.9. The number of hydrogen-bond acceptors (Lipinski definition) is 7. The number of amides is 1. The first-order valence-electron chi connectivity index (χ1n) is 11.6. The number of carbonyl (C=O) groups excluding carboxylic acids is 1. The zero-order chi connectivity index (χ0) is 26.5. The Morgan fingerprint density at radius 3 is 2.34 bits per heavy atom. The zero-order valence-corrected chi connectivity index (χ0v) is 21.5. The lowest BCUT2D eigenvalue weighted by molar-refractivity contribution is -0.116. The van der Waals surface area contributed by atoms with Crippen molar-refractivity contribution in [1.82, 2.24) is 14.8 Å². The number of thioether (sulfide) groups is 1. The van der Waals surface area contributed by atoms with Crippen LogP contribution in [0.25, 0.3) is 22.5 Å². The number of nitrogen functional groups attached to an aromatic ring is 1.